The normalized spacial score (nSPS) is 10.3. The molecule has 0 atom stereocenters. The molecule has 92 valence electrons. The summed E-state index contributed by atoms with van der Waals surface area (Å²) in [5.41, 5.74) is 6.67. The lowest BCUT2D eigenvalue weighted by Crippen LogP contribution is -2.07. The molecule has 0 saturated heterocycles. The maximum absolute atomic E-state index is 13.0. The lowest BCUT2D eigenvalue weighted by molar-refractivity contribution is 0.0993. The Hall–Kier alpha value is -2.23. The molecule has 2 aromatic rings. The van der Waals surface area contributed by atoms with Crippen molar-refractivity contribution < 1.29 is 13.6 Å². The van der Waals surface area contributed by atoms with E-state index in [4.69, 9.17) is 5.73 Å². The minimum absolute atomic E-state index is 0.0634. The summed E-state index contributed by atoms with van der Waals surface area (Å²) in [6.07, 6.45) is 0.0634. The molecule has 18 heavy (non-hydrogen) atoms. The van der Waals surface area contributed by atoms with Crippen molar-refractivity contribution in [2.45, 2.75) is 6.42 Å². The van der Waals surface area contributed by atoms with Crippen LogP contribution in [0.3, 0.4) is 0 Å². The quantitative estimate of drug-likeness (QED) is 0.669. The second-order valence-electron chi connectivity index (χ2n) is 3.96. The number of nitrogen functional groups attached to an aromatic ring is 1. The van der Waals surface area contributed by atoms with Crippen LogP contribution in [0.5, 0.6) is 0 Å². The summed E-state index contributed by atoms with van der Waals surface area (Å²) >= 11 is 0. The van der Waals surface area contributed by atoms with E-state index in [9.17, 15) is 13.6 Å². The third-order valence-electron chi connectivity index (χ3n) is 2.59. The fourth-order valence-corrected chi connectivity index (χ4v) is 1.65. The van der Waals surface area contributed by atoms with Gasteiger partial charge >= 0.3 is 0 Å². The van der Waals surface area contributed by atoms with Crippen LogP contribution in [0.25, 0.3) is 0 Å². The third kappa shape index (κ3) is 2.71. The molecule has 0 amide bonds. The summed E-state index contributed by atoms with van der Waals surface area (Å²) in [5.74, 6) is -1.17. The van der Waals surface area contributed by atoms with Gasteiger partial charge in [0.05, 0.1) is 0 Å². The summed E-state index contributed by atoms with van der Waals surface area (Å²) in [6.45, 7) is 0. The molecule has 0 fully saturated rings. The van der Waals surface area contributed by atoms with E-state index >= 15 is 0 Å². The van der Waals surface area contributed by atoms with E-state index in [1.807, 2.05) is 0 Å². The van der Waals surface area contributed by atoms with Crippen LogP contribution < -0.4 is 5.73 Å². The molecule has 0 bridgehead atoms. The van der Waals surface area contributed by atoms with Gasteiger partial charge in [-0.1, -0.05) is 12.1 Å². The molecule has 0 heterocycles. The van der Waals surface area contributed by atoms with Crippen LogP contribution in [0.4, 0.5) is 14.5 Å². The number of rotatable bonds is 3. The number of benzene rings is 2. The van der Waals surface area contributed by atoms with Crippen molar-refractivity contribution in [3.05, 3.63) is 65.2 Å². The van der Waals surface area contributed by atoms with Gasteiger partial charge in [-0.05, 0) is 35.9 Å². The number of carbonyl (C=O) groups excluding carboxylic acids is 1. The van der Waals surface area contributed by atoms with Crippen LogP contribution in [0.2, 0.25) is 0 Å². The molecule has 0 radical (unpaired) electrons. The molecule has 0 aromatic heterocycles. The lowest BCUT2D eigenvalue weighted by Gasteiger charge is -2.05. The van der Waals surface area contributed by atoms with E-state index in [2.05, 4.69) is 0 Å². The summed E-state index contributed by atoms with van der Waals surface area (Å²) in [4.78, 5) is 11.9. The topological polar surface area (TPSA) is 43.1 Å². The maximum Gasteiger partial charge on any atom is 0.169 e. The van der Waals surface area contributed by atoms with Crippen molar-refractivity contribution in [3.63, 3.8) is 0 Å². The second kappa shape index (κ2) is 4.96. The molecule has 2 rings (SSSR count). The van der Waals surface area contributed by atoms with Gasteiger partial charge in [-0.2, -0.15) is 0 Å². The van der Waals surface area contributed by atoms with E-state index < -0.39 is 5.82 Å². The minimum atomic E-state index is -0.508. The van der Waals surface area contributed by atoms with Crippen LogP contribution in [-0.2, 0) is 6.42 Å². The molecular formula is C14H11F2NO. The molecule has 0 spiro atoms. The summed E-state index contributed by atoms with van der Waals surface area (Å²) in [5, 5.41) is 0. The molecule has 0 aliphatic heterocycles. The van der Waals surface area contributed by atoms with Crippen LogP contribution in [0.15, 0.2) is 42.5 Å². The largest absolute Gasteiger partial charge is 0.398 e. The fourth-order valence-electron chi connectivity index (χ4n) is 1.65. The van der Waals surface area contributed by atoms with Crippen molar-refractivity contribution in [2.75, 3.05) is 5.73 Å². The Balaban J connectivity index is 2.21. The van der Waals surface area contributed by atoms with Crippen molar-refractivity contribution in [3.8, 4) is 0 Å². The van der Waals surface area contributed by atoms with Crippen LogP contribution >= 0.6 is 0 Å². The molecule has 4 heteroatoms. The highest BCUT2D eigenvalue weighted by Gasteiger charge is 2.11. The zero-order valence-corrected chi connectivity index (χ0v) is 9.49. The standard InChI is InChI=1S/C14H11F2NO/c15-10-3-1-9(2-4-10)7-14(18)12-8-11(16)5-6-13(12)17/h1-6,8H,7,17H2. The number of carbonyl (C=O) groups is 1. The fraction of sp³-hybridized carbons (Fsp3) is 0.0714. The first-order valence-corrected chi connectivity index (χ1v) is 5.39. The third-order valence-corrected chi connectivity index (χ3v) is 2.59. The summed E-state index contributed by atoms with van der Waals surface area (Å²) in [7, 11) is 0. The van der Waals surface area contributed by atoms with E-state index in [1.165, 1.54) is 36.4 Å². The predicted octanol–water partition coefficient (Wildman–Crippen LogP) is 2.97. The van der Waals surface area contributed by atoms with Gasteiger partial charge in [-0.3, -0.25) is 4.79 Å². The Morgan fingerprint density at radius 3 is 2.28 bits per heavy atom. The van der Waals surface area contributed by atoms with Crippen molar-refractivity contribution in [1.82, 2.24) is 0 Å². The predicted molar refractivity (Wildman–Crippen MR) is 65.2 cm³/mol. The Labute approximate surface area is 103 Å². The molecule has 0 saturated carbocycles. The number of hydrogen-bond donors (Lipinski definition) is 1. The Kier molecular flexibility index (Phi) is 3.37. The number of nitrogens with two attached hydrogens (primary N) is 1. The molecule has 2 aromatic carbocycles. The van der Waals surface area contributed by atoms with E-state index in [0.29, 0.717) is 5.56 Å². The number of halogens is 2. The van der Waals surface area contributed by atoms with E-state index in [0.717, 1.165) is 6.07 Å². The smallest absolute Gasteiger partial charge is 0.169 e. The van der Waals surface area contributed by atoms with Crippen molar-refractivity contribution in [2.24, 2.45) is 0 Å². The Morgan fingerprint density at radius 1 is 1.00 bits per heavy atom. The first-order chi connectivity index (χ1) is 8.56. The van der Waals surface area contributed by atoms with Gasteiger partial charge in [0.15, 0.2) is 5.78 Å². The molecule has 0 aliphatic carbocycles. The molecule has 0 aliphatic rings. The Morgan fingerprint density at radius 2 is 1.61 bits per heavy atom. The number of anilines is 1. The van der Waals surface area contributed by atoms with E-state index in [1.54, 1.807) is 0 Å². The molecule has 0 unspecified atom stereocenters. The monoisotopic (exact) mass is 247 g/mol. The SMILES string of the molecule is Nc1ccc(F)cc1C(=O)Cc1ccc(F)cc1. The van der Waals surface area contributed by atoms with Gasteiger partial charge in [0.25, 0.3) is 0 Å². The van der Waals surface area contributed by atoms with Crippen LogP contribution in [0, 0.1) is 11.6 Å². The summed E-state index contributed by atoms with van der Waals surface area (Å²) in [6, 6.07) is 9.25. The number of Topliss-reactive ketones (excluding diaryl/α,β-unsaturated/α-hetero) is 1. The highest BCUT2D eigenvalue weighted by atomic mass is 19.1. The zero-order valence-electron chi connectivity index (χ0n) is 9.49. The van der Waals surface area contributed by atoms with Gasteiger partial charge in [0.1, 0.15) is 11.6 Å². The van der Waals surface area contributed by atoms with Gasteiger partial charge in [-0.25, -0.2) is 8.78 Å². The first kappa shape index (κ1) is 12.2. The van der Waals surface area contributed by atoms with Crippen LogP contribution in [0.1, 0.15) is 15.9 Å². The average molecular weight is 247 g/mol. The van der Waals surface area contributed by atoms with Crippen molar-refractivity contribution in [1.29, 1.82) is 0 Å². The minimum Gasteiger partial charge on any atom is -0.398 e. The Bertz CT molecular complexity index is 579. The first-order valence-electron chi connectivity index (χ1n) is 5.39. The van der Waals surface area contributed by atoms with Gasteiger partial charge in [0, 0.05) is 17.7 Å². The molecular weight excluding hydrogens is 236 g/mol. The average Bonchev–Trinajstić information content (AvgIpc) is 2.35. The zero-order chi connectivity index (χ0) is 13.1. The van der Waals surface area contributed by atoms with Gasteiger partial charge in [-0.15, -0.1) is 0 Å². The van der Waals surface area contributed by atoms with Crippen LogP contribution in [-0.4, -0.2) is 5.78 Å². The van der Waals surface area contributed by atoms with Gasteiger partial charge < -0.3 is 5.73 Å². The van der Waals surface area contributed by atoms with E-state index in [-0.39, 0.29) is 29.3 Å². The number of ketones is 1. The lowest BCUT2D eigenvalue weighted by atomic mass is 10.0. The summed E-state index contributed by atoms with van der Waals surface area (Å²) < 4.78 is 25.8. The highest BCUT2D eigenvalue weighted by Crippen LogP contribution is 2.16. The molecule has 2 nitrogen and oxygen atoms in total. The van der Waals surface area contributed by atoms with Gasteiger partial charge in [0.2, 0.25) is 0 Å². The second-order valence-corrected chi connectivity index (χ2v) is 3.96. The van der Waals surface area contributed by atoms with Crippen molar-refractivity contribution >= 4 is 11.5 Å². The highest BCUT2D eigenvalue weighted by molar-refractivity contribution is 6.01. The molecule has 2 N–H and O–H groups in total. The maximum atomic E-state index is 13.0. The number of hydrogen-bond acceptors (Lipinski definition) is 2.